The number of Topliss-reactive ketones (excluding diaryl/α,β-unsaturated/α-hetero) is 1. The van der Waals surface area contributed by atoms with Gasteiger partial charge in [-0.2, -0.15) is 0 Å². The van der Waals surface area contributed by atoms with E-state index >= 15 is 0 Å². The van der Waals surface area contributed by atoms with Gasteiger partial charge < -0.3 is 13.6 Å². The molecule has 0 amide bonds. The smallest absolute Gasteiger partial charge is 0.302 e. The molecule has 0 aromatic heterocycles. The fraction of sp³-hybridized carbons (Fsp3) is 0.939. The minimum Gasteiger partial charge on any atom is -0.466 e. The van der Waals surface area contributed by atoms with Crippen LogP contribution in [0.2, 0.25) is 36.3 Å². The fourth-order valence-corrected chi connectivity index (χ4v) is 10.1. The summed E-state index contributed by atoms with van der Waals surface area (Å²) in [7, 11) is -3.83. The molecular formula is C33H62O5Si2. The third-order valence-electron chi connectivity index (χ3n) is 12.7. The third kappa shape index (κ3) is 6.67. The molecule has 3 fully saturated rings. The number of carbonyl (C=O) groups is 2. The van der Waals surface area contributed by atoms with Gasteiger partial charge in [-0.15, -0.1) is 0 Å². The van der Waals surface area contributed by atoms with Gasteiger partial charge in [0, 0.05) is 37.4 Å². The van der Waals surface area contributed by atoms with Crippen LogP contribution in [0.1, 0.15) is 107 Å². The molecule has 0 radical (unpaired) electrons. The predicted octanol–water partition coefficient (Wildman–Crippen LogP) is 8.78. The average Bonchev–Trinajstić information content (AvgIpc) is 3.10. The van der Waals surface area contributed by atoms with E-state index in [1.54, 1.807) is 0 Å². The highest BCUT2D eigenvalue weighted by atomic mass is 28.4. The molecule has 3 aliphatic rings. The van der Waals surface area contributed by atoms with E-state index in [0.717, 1.165) is 45.1 Å². The summed E-state index contributed by atoms with van der Waals surface area (Å²) in [6.45, 7) is 30.8. The van der Waals surface area contributed by atoms with Crippen LogP contribution in [0.3, 0.4) is 0 Å². The molecule has 0 bridgehead atoms. The van der Waals surface area contributed by atoms with Crippen molar-refractivity contribution < 1.29 is 23.2 Å². The number of ether oxygens (including phenoxy) is 1. The second-order valence-electron chi connectivity index (χ2n) is 17.1. The van der Waals surface area contributed by atoms with E-state index in [4.69, 9.17) is 13.6 Å². The van der Waals surface area contributed by atoms with Crippen LogP contribution in [-0.4, -0.2) is 47.7 Å². The molecule has 3 rings (SSSR count). The van der Waals surface area contributed by atoms with Crippen molar-refractivity contribution >= 4 is 28.4 Å². The van der Waals surface area contributed by atoms with Crippen LogP contribution >= 0.6 is 0 Å². The van der Waals surface area contributed by atoms with Gasteiger partial charge in [-0.05, 0) is 98.0 Å². The maximum absolute atomic E-state index is 13.1. The lowest BCUT2D eigenvalue weighted by atomic mass is 9.49. The number of ketones is 1. The largest absolute Gasteiger partial charge is 0.466 e. The lowest BCUT2D eigenvalue weighted by Gasteiger charge is -2.57. The molecular weight excluding hydrogens is 533 g/mol. The molecule has 3 aliphatic carbocycles. The van der Waals surface area contributed by atoms with E-state index in [-0.39, 0.29) is 44.8 Å². The Morgan fingerprint density at radius 3 is 2.02 bits per heavy atom. The van der Waals surface area contributed by atoms with E-state index in [9.17, 15) is 9.59 Å². The number of esters is 1. The predicted molar refractivity (Wildman–Crippen MR) is 169 cm³/mol. The zero-order chi connectivity index (χ0) is 30.5. The Hall–Kier alpha value is -0.506. The number of hydrogen-bond acceptors (Lipinski definition) is 5. The summed E-state index contributed by atoms with van der Waals surface area (Å²) in [5, 5.41) is 0.336. The first-order chi connectivity index (χ1) is 18.1. The molecule has 0 spiro atoms. The minimum atomic E-state index is -1.94. The number of rotatable bonds is 8. The molecule has 0 saturated heterocycles. The Morgan fingerprint density at radius 1 is 0.875 bits per heavy atom. The SMILES string of the molecule is CC(=O)OC[C@@H]1[C@@H]([C@]2(C)CC[C@H](O[Si](C)(C)C(C)(C)C)C[C@@H]2CO[Si](C)(C)C(C)(C)C)CC[C@]2(C)C(=O)CC[C@@H]12. The minimum absolute atomic E-state index is 0.0490. The average molecular weight is 595 g/mol. The summed E-state index contributed by atoms with van der Waals surface area (Å²) >= 11 is 0. The second kappa shape index (κ2) is 11.5. The number of hydrogen-bond donors (Lipinski definition) is 0. The first kappa shape index (κ1) is 34.0. The Balaban J connectivity index is 1.95. The molecule has 5 nitrogen and oxygen atoms in total. The van der Waals surface area contributed by atoms with Gasteiger partial charge in [-0.1, -0.05) is 55.4 Å². The van der Waals surface area contributed by atoms with E-state index in [1.165, 1.54) is 6.92 Å². The third-order valence-corrected chi connectivity index (χ3v) is 21.7. The quantitative estimate of drug-likeness (QED) is 0.208. The summed E-state index contributed by atoms with van der Waals surface area (Å²) < 4.78 is 19.8. The summed E-state index contributed by atoms with van der Waals surface area (Å²) in [5.41, 5.74) is -0.221. The fourth-order valence-electron chi connectivity index (χ4n) is 7.68. The van der Waals surface area contributed by atoms with Crippen LogP contribution in [0, 0.1) is 34.5 Å². The molecule has 40 heavy (non-hydrogen) atoms. The molecule has 232 valence electrons. The van der Waals surface area contributed by atoms with Crippen molar-refractivity contribution in [1.29, 1.82) is 0 Å². The maximum Gasteiger partial charge on any atom is 0.302 e. The highest BCUT2D eigenvalue weighted by Crippen LogP contribution is 2.62. The number of carbonyl (C=O) groups excluding carboxylic acids is 2. The van der Waals surface area contributed by atoms with Crippen LogP contribution in [0.5, 0.6) is 0 Å². The van der Waals surface area contributed by atoms with Crippen LogP contribution < -0.4 is 0 Å². The summed E-state index contributed by atoms with van der Waals surface area (Å²) in [6.07, 6.45) is 7.01. The van der Waals surface area contributed by atoms with Crippen molar-refractivity contribution in [3.05, 3.63) is 0 Å². The van der Waals surface area contributed by atoms with E-state index in [0.29, 0.717) is 30.6 Å². The van der Waals surface area contributed by atoms with Gasteiger partial charge in [0.15, 0.2) is 16.6 Å². The standard InChI is InChI=1S/C33H62O5Si2/c1-23(34)36-22-26-27-14-15-29(35)33(27,9)19-17-28(26)32(8)18-16-25(38-40(12,13)31(5,6)7)20-24(32)21-37-39(10,11)30(2,3)4/h24-28H,14-22H2,1-13H3/t24-,25+,26+,27+,28+,32-,33+/m1/s1. The van der Waals surface area contributed by atoms with Crippen LogP contribution in [-0.2, 0) is 23.2 Å². The van der Waals surface area contributed by atoms with Crippen LogP contribution in [0.15, 0.2) is 0 Å². The maximum atomic E-state index is 13.1. The normalized spacial score (nSPS) is 35.9. The van der Waals surface area contributed by atoms with Gasteiger partial charge in [0.25, 0.3) is 0 Å². The topological polar surface area (TPSA) is 61.8 Å². The monoisotopic (exact) mass is 594 g/mol. The zero-order valence-corrected chi connectivity index (χ0v) is 30.3. The van der Waals surface area contributed by atoms with Gasteiger partial charge in [0.1, 0.15) is 5.78 Å². The number of fused-ring (bicyclic) bond motifs is 1. The van der Waals surface area contributed by atoms with Crippen LogP contribution in [0.4, 0.5) is 0 Å². The van der Waals surface area contributed by atoms with Crippen molar-refractivity contribution in [2.75, 3.05) is 13.2 Å². The van der Waals surface area contributed by atoms with Gasteiger partial charge in [-0.25, -0.2) is 0 Å². The van der Waals surface area contributed by atoms with Crippen molar-refractivity contribution in [1.82, 2.24) is 0 Å². The van der Waals surface area contributed by atoms with Crippen molar-refractivity contribution in [2.45, 2.75) is 150 Å². The molecule has 7 heteroatoms. The van der Waals surface area contributed by atoms with E-state index in [2.05, 4.69) is 81.6 Å². The van der Waals surface area contributed by atoms with Crippen molar-refractivity contribution in [3.63, 3.8) is 0 Å². The first-order valence-corrected chi connectivity index (χ1v) is 21.9. The second-order valence-corrected chi connectivity index (χ2v) is 26.7. The first-order valence-electron chi connectivity index (χ1n) is 16.0. The highest BCUT2D eigenvalue weighted by molar-refractivity contribution is 6.74. The molecule has 0 heterocycles. The van der Waals surface area contributed by atoms with Crippen molar-refractivity contribution in [2.24, 2.45) is 34.5 Å². The summed E-state index contributed by atoms with van der Waals surface area (Å²) in [6, 6.07) is 0. The van der Waals surface area contributed by atoms with Gasteiger partial charge in [0.2, 0.25) is 0 Å². The summed E-state index contributed by atoms with van der Waals surface area (Å²) in [4.78, 5) is 25.1. The van der Waals surface area contributed by atoms with Gasteiger partial charge in [0.05, 0.1) is 6.61 Å². The molecule has 0 aromatic rings. The molecule has 0 aromatic carbocycles. The molecule has 0 aliphatic heterocycles. The Morgan fingerprint density at radius 2 is 1.48 bits per heavy atom. The Bertz CT molecular complexity index is 932. The lowest BCUT2D eigenvalue weighted by Crippen LogP contribution is -2.55. The van der Waals surface area contributed by atoms with E-state index in [1.807, 2.05) is 0 Å². The Kier molecular flexibility index (Phi) is 9.80. The summed E-state index contributed by atoms with van der Waals surface area (Å²) in [5.74, 6) is 1.47. The molecule has 7 atom stereocenters. The lowest BCUT2D eigenvalue weighted by molar-refractivity contribution is -0.153. The van der Waals surface area contributed by atoms with Gasteiger partial charge >= 0.3 is 5.97 Å². The molecule has 3 saturated carbocycles. The Labute approximate surface area is 248 Å². The van der Waals surface area contributed by atoms with Crippen molar-refractivity contribution in [3.8, 4) is 0 Å². The van der Waals surface area contributed by atoms with Gasteiger partial charge in [-0.3, -0.25) is 9.59 Å². The molecule has 0 N–H and O–H groups in total. The van der Waals surface area contributed by atoms with E-state index < -0.39 is 16.6 Å². The zero-order valence-electron chi connectivity index (χ0n) is 28.3. The molecule has 0 unspecified atom stereocenters. The van der Waals surface area contributed by atoms with Crippen LogP contribution in [0.25, 0.3) is 0 Å². The highest BCUT2D eigenvalue weighted by Gasteiger charge is 2.59.